The lowest BCUT2D eigenvalue weighted by Crippen LogP contribution is -2.17. The largest absolute Gasteiger partial charge is 0.573 e. The minimum atomic E-state index is -4.87. The summed E-state index contributed by atoms with van der Waals surface area (Å²) in [6.45, 7) is 2.78. The summed E-state index contributed by atoms with van der Waals surface area (Å²) in [6.07, 6.45) is -0.929. The smallest absolute Gasteiger partial charge is 0.406 e. The fourth-order valence-electron chi connectivity index (χ4n) is 4.70. The first-order valence-corrected chi connectivity index (χ1v) is 14.7. The maximum Gasteiger partial charge on any atom is 0.573 e. The molecule has 0 bridgehead atoms. The SMILES string of the molecule is Cc1cn(-c2c(F)cc(-c3cc(Cl)c(CO)c(S(C)(=O)=O)c3)cc2-n2nncc2-c2ccc(OC(F)(F)F)cc2)c(C)n1. The number of sulfone groups is 1. The van der Waals surface area contributed by atoms with Crippen molar-refractivity contribution in [3.05, 3.63) is 88.8 Å². The van der Waals surface area contributed by atoms with Gasteiger partial charge in [0.2, 0.25) is 0 Å². The van der Waals surface area contributed by atoms with Crippen LogP contribution in [0.15, 0.2) is 65.8 Å². The lowest BCUT2D eigenvalue weighted by molar-refractivity contribution is -0.274. The first-order valence-electron chi connectivity index (χ1n) is 12.4. The third-order valence-corrected chi connectivity index (χ3v) is 7.99. The van der Waals surface area contributed by atoms with Crippen molar-refractivity contribution < 1.29 is 35.8 Å². The van der Waals surface area contributed by atoms with Gasteiger partial charge in [0.1, 0.15) is 23.1 Å². The van der Waals surface area contributed by atoms with Crippen molar-refractivity contribution in [3.63, 3.8) is 0 Å². The van der Waals surface area contributed by atoms with Gasteiger partial charge in [-0.1, -0.05) is 16.8 Å². The molecule has 9 nitrogen and oxygen atoms in total. The summed E-state index contributed by atoms with van der Waals surface area (Å²) >= 11 is 6.34. The monoisotopic (exact) mass is 635 g/mol. The zero-order chi connectivity index (χ0) is 31.3. The lowest BCUT2D eigenvalue weighted by Gasteiger charge is -2.18. The van der Waals surface area contributed by atoms with Crippen LogP contribution in [0.1, 0.15) is 17.1 Å². The molecule has 0 saturated carbocycles. The molecule has 15 heteroatoms. The Labute approximate surface area is 247 Å². The highest BCUT2D eigenvalue weighted by molar-refractivity contribution is 7.90. The molecule has 0 spiro atoms. The van der Waals surface area contributed by atoms with Crippen LogP contribution in [0.25, 0.3) is 33.8 Å². The molecule has 0 amide bonds. The zero-order valence-electron chi connectivity index (χ0n) is 22.7. The van der Waals surface area contributed by atoms with E-state index in [1.54, 1.807) is 26.1 Å². The maximum atomic E-state index is 16.2. The van der Waals surface area contributed by atoms with Crippen LogP contribution in [0.3, 0.4) is 0 Å². The third kappa shape index (κ3) is 6.12. The van der Waals surface area contributed by atoms with Crippen molar-refractivity contribution in [3.8, 4) is 39.5 Å². The van der Waals surface area contributed by atoms with Crippen LogP contribution in [0.5, 0.6) is 5.75 Å². The quantitative estimate of drug-likeness (QED) is 0.219. The van der Waals surface area contributed by atoms with E-state index in [9.17, 15) is 26.7 Å². The number of aryl methyl sites for hydroxylation is 2. The van der Waals surface area contributed by atoms with Crippen molar-refractivity contribution in [1.29, 1.82) is 0 Å². The van der Waals surface area contributed by atoms with E-state index in [1.165, 1.54) is 45.8 Å². The number of aliphatic hydroxyl groups excluding tert-OH is 1. The standard InChI is InChI=1S/C28H22ClF4N5O4S/c1-15-13-37(16(2)35-15)27-23(30)9-19(18-8-22(29)21(14-39)26(11-18)43(3,40)41)10-24(27)38-25(12-34-36-38)17-4-6-20(7-5-17)42-28(31,32)33/h4-13,39H,14H2,1-3H3. The molecule has 0 aliphatic rings. The highest BCUT2D eigenvalue weighted by Crippen LogP contribution is 2.37. The highest BCUT2D eigenvalue weighted by Gasteiger charge is 2.31. The van der Waals surface area contributed by atoms with E-state index in [-0.39, 0.29) is 38.0 Å². The third-order valence-electron chi connectivity index (χ3n) is 6.49. The van der Waals surface area contributed by atoms with Gasteiger partial charge in [-0.25, -0.2) is 22.5 Å². The van der Waals surface area contributed by atoms with Crippen LogP contribution in [0.2, 0.25) is 5.02 Å². The van der Waals surface area contributed by atoms with E-state index in [4.69, 9.17) is 11.6 Å². The molecular weight excluding hydrogens is 614 g/mol. The zero-order valence-corrected chi connectivity index (χ0v) is 24.3. The summed E-state index contributed by atoms with van der Waals surface area (Å²) in [7, 11) is -3.83. The molecule has 0 saturated heterocycles. The Hall–Kier alpha value is -4.27. The molecule has 224 valence electrons. The molecule has 5 rings (SSSR count). The number of alkyl halides is 3. The van der Waals surface area contributed by atoms with Crippen LogP contribution >= 0.6 is 11.6 Å². The average molecular weight is 636 g/mol. The highest BCUT2D eigenvalue weighted by atomic mass is 35.5. The van der Waals surface area contributed by atoms with Gasteiger partial charge < -0.3 is 9.84 Å². The molecule has 2 aromatic heterocycles. The summed E-state index contributed by atoms with van der Waals surface area (Å²) in [6, 6.07) is 10.4. The predicted molar refractivity (Wildman–Crippen MR) is 150 cm³/mol. The number of aliphatic hydroxyl groups is 1. The number of hydrogen-bond donors (Lipinski definition) is 1. The molecule has 43 heavy (non-hydrogen) atoms. The number of aromatic nitrogens is 5. The number of nitrogens with zero attached hydrogens (tertiary/aromatic N) is 5. The number of hydrogen-bond acceptors (Lipinski definition) is 7. The van der Waals surface area contributed by atoms with Gasteiger partial charge in [0.05, 0.1) is 34.8 Å². The normalized spacial score (nSPS) is 12.1. The van der Waals surface area contributed by atoms with Crippen LogP contribution in [0.4, 0.5) is 17.6 Å². The Morgan fingerprint density at radius 2 is 1.70 bits per heavy atom. The second-order valence-electron chi connectivity index (χ2n) is 9.59. The Morgan fingerprint density at radius 1 is 1.02 bits per heavy atom. The maximum absolute atomic E-state index is 16.2. The second kappa shape index (κ2) is 11.1. The fraction of sp³-hybridized carbons (Fsp3) is 0.179. The number of benzene rings is 3. The summed E-state index contributed by atoms with van der Waals surface area (Å²) in [5, 5.41) is 17.8. The van der Waals surface area contributed by atoms with E-state index in [0.717, 1.165) is 18.4 Å². The molecule has 5 aromatic rings. The predicted octanol–water partition coefficient (Wildman–Crippen LogP) is 5.99. The summed E-state index contributed by atoms with van der Waals surface area (Å²) < 4.78 is 86.0. The van der Waals surface area contributed by atoms with E-state index in [1.807, 2.05) is 0 Å². The Kier molecular flexibility index (Phi) is 7.79. The van der Waals surface area contributed by atoms with Crippen molar-refractivity contribution in [2.24, 2.45) is 0 Å². The number of imidazole rings is 1. The van der Waals surface area contributed by atoms with Gasteiger partial charge >= 0.3 is 6.36 Å². The molecule has 0 fully saturated rings. The molecular formula is C28H22ClF4N5O4S. The molecule has 0 aliphatic carbocycles. The van der Waals surface area contributed by atoms with E-state index in [2.05, 4.69) is 20.0 Å². The van der Waals surface area contributed by atoms with Crippen LogP contribution < -0.4 is 4.74 Å². The van der Waals surface area contributed by atoms with Crippen molar-refractivity contribution in [2.75, 3.05) is 6.26 Å². The number of ether oxygens (including phenoxy) is 1. The van der Waals surface area contributed by atoms with E-state index >= 15 is 4.39 Å². The molecule has 0 atom stereocenters. The summed E-state index contributed by atoms with van der Waals surface area (Å²) in [5.74, 6) is -0.708. The average Bonchev–Trinajstić information content (AvgIpc) is 3.52. The van der Waals surface area contributed by atoms with Crippen molar-refractivity contribution in [1.82, 2.24) is 24.5 Å². The van der Waals surface area contributed by atoms with Crippen LogP contribution in [-0.4, -0.2) is 50.7 Å². The molecule has 0 aliphatic heterocycles. The number of halogens is 5. The minimum Gasteiger partial charge on any atom is -0.406 e. The summed E-state index contributed by atoms with van der Waals surface area (Å²) in [4.78, 5) is 4.14. The molecule has 3 aromatic carbocycles. The van der Waals surface area contributed by atoms with Gasteiger partial charge in [-0.3, -0.25) is 4.57 Å². The molecule has 2 heterocycles. The van der Waals surface area contributed by atoms with Gasteiger partial charge in [-0.15, -0.1) is 18.3 Å². The molecule has 0 unspecified atom stereocenters. The van der Waals surface area contributed by atoms with Crippen molar-refractivity contribution in [2.45, 2.75) is 31.7 Å². The van der Waals surface area contributed by atoms with Gasteiger partial charge in [0, 0.05) is 28.6 Å². The van der Waals surface area contributed by atoms with Crippen LogP contribution in [0, 0.1) is 19.7 Å². The van der Waals surface area contributed by atoms with Gasteiger partial charge in [-0.05, 0) is 73.5 Å². The first kappa shape index (κ1) is 30.2. The van der Waals surface area contributed by atoms with Gasteiger partial charge in [0.25, 0.3) is 0 Å². The lowest BCUT2D eigenvalue weighted by atomic mass is 10.0. The number of rotatable bonds is 7. The molecule has 0 radical (unpaired) electrons. The van der Waals surface area contributed by atoms with E-state index < -0.39 is 34.4 Å². The Bertz CT molecular complexity index is 1960. The Morgan fingerprint density at radius 3 is 2.28 bits per heavy atom. The first-order chi connectivity index (χ1) is 20.2. The van der Waals surface area contributed by atoms with Crippen LogP contribution in [-0.2, 0) is 16.4 Å². The Balaban J connectivity index is 1.74. The van der Waals surface area contributed by atoms with E-state index in [0.29, 0.717) is 22.8 Å². The van der Waals surface area contributed by atoms with Gasteiger partial charge in [-0.2, -0.15) is 0 Å². The summed E-state index contributed by atoms with van der Waals surface area (Å²) in [5.41, 5.74) is 1.96. The fourth-order valence-corrected chi connectivity index (χ4v) is 5.99. The van der Waals surface area contributed by atoms with Gasteiger partial charge in [0.15, 0.2) is 9.84 Å². The minimum absolute atomic E-state index is 0.00580. The topological polar surface area (TPSA) is 112 Å². The van der Waals surface area contributed by atoms with Crippen molar-refractivity contribution >= 4 is 21.4 Å². The second-order valence-corrected chi connectivity index (χ2v) is 12.0. The molecule has 1 N–H and O–H groups in total.